The maximum atomic E-state index is 5.72. The SMILES string of the molecule is CC(C)C[CH2][Sn]([Cl])([Cl])[Cl]. The van der Waals surface area contributed by atoms with Gasteiger partial charge in [0.05, 0.1) is 0 Å². The molecule has 0 unspecified atom stereocenters. The van der Waals surface area contributed by atoms with Crippen molar-refractivity contribution in [1.82, 2.24) is 0 Å². The molecule has 56 valence electrons. The van der Waals surface area contributed by atoms with Gasteiger partial charge in [-0.3, -0.25) is 0 Å². The van der Waals surface area contributed by atoms with E-state index in [0.29, 0.717) is 5.92 Å². The van der Waals surface area contributed by atoms with Gasteiger partial charge in [0.15, 0.2) is 0 Å². The third kappa shape index (κ3) is 9.67. The average molecular weight is 296 g/mol. The summed E-state index contributed by atoms with van der Waals surface area (Å²) in [6.45, 7) is 4.28. The molecule has 0 amide bonds. The van der Waals surface area contributed by atoms with Gasteiger partial charge in [0.1, 0.15) is 0 Å². The van der Waals surface area contributed by atoms with Crippen LogP contribution in [-0.2, 0) is 0 Å². The van der Waals surface area contributed by atoms with Gasteiger partial charge in [0.2, 0.25) is 0 Å². The first-order valence-corrected chi connectivity index (χ1v) is 15.8. The Morgan fingerprint density at radius 1 is 1.22 bits per heavy atom. The molecule has 0 bridgehead atoms. The molecular weight excluding hydrogens is 285 g/mol. The van der Waals surface area contributed by atoms with Gasteiger partial charge >= 0.3 is 72.4 Å². The molecule has 0 atom stereocenters. The standard InChI is InChI=1S/C5H11.3ClH.Sn/c1-4-5(2)3;;;;/h5H,1,4H2,2-3H3;3*1H;/q;;;;+3/p-3. The maximum absolute atomic E-state index is 5.72. The van der Waals surface area contributed by atoms with Crippen LogP contribution in [0.2, 0.25) is 4.44 Å². The Labute approximate surface area is 71.9 Å². The summed E-state index contributed by atoms with van der Waals surface area (Å²) in [5.41, 5.74) is 0. The summed E-state index contributed by atoms with van der Waals surface area (Å²) in [5, 5.41) is 0. The van der Waals surface area contributed by atoms with Crippen molar-refractivity contribution in [3.8, 4) is 0 Å². The Morgan fingerprint density at radius 3 is 1.78 bits per heavy atom. The molecule has 0 aromatic carbocycles. The Balaban J connectivity index is 3.28. The molecule has 0 aliphatic rings. The number of hydrogen-bond donors (Lipinski definition) is 0. The second-order valence-electron chi connectivity index (χ2n) is 2.55. The Bertz CT molecular complexity index is 76.8. The van der Waals surface area contributed by atoms with Crippen molar-refractivity contribution in [3.63, 3.8) is 0 Å². The summed E-state index contributed by atoms with van der Waals surface area (Å²) in [7, 11) is 17.2. The zero-order valence-electron chi connectivity index (χ0n) is 5.63. The van der Waals surface area contributed by atoms with Crippen LogP contribution >= 0.6 is 26.8 Å². The van der Waals surface area contributed by atoms with E-state index in [4.69, 9.17) is 26.8 Å². The van der Waals surface area contributed by atoms with E-state index in [1.165, 1.54) is 0 Å². The molecule has 0 N–H and O–H groups in total. The summed E-state index contributed by atoms with van der Waals surface area (Å²) in [6.07, 6.45) is 1.06. The van der Waals surface area contributed by atoms with E-state index in [-0.39, 0.29) is 0 Å². The topological polar surface area (TPSA) is 0 Å². The molecule has 9 heavy (non-hydrogen) atoms. The molecule has 0 aliphatic carbocycles. The first kappa shape index (κ1) is 10.7. The third-order valence-corrected chi connectivity index (χ3v) is 7.25. The van der Waals surface area contributed by atoms with E-state index in [9.17, 15) is 0 Å². The number of rotatable bonds is 3. The molecule has 0 aromatic rings. The monoisotopic (exact) mass is 296 g/mol. The van der Waals surface area contributed by atoms with Gasteiger partial charge in [-0.2, -0.15) is 0 Å². The molecule has 0 radical (unpaired) electrons. The van der Waals surface area contributed by atoms with E-state index < -0.39 is 15.0 Å². The van der Waals surface area contributed by atoms with Crippen molar-refractivity contribution < 1.29 is 0 Å². The van der Waals surface area contributed by atoms with Crippen LogP contribution in [0.5, 0.6) is 0 Å². The summed E-state index contributed by atoms with van der Waals surface area (Å²) in [6, 6.07) is 0. The van der Waals surface area contributed by atoms with Gasteiger partial charge in [-0.05, 0) is 0 Å². The normalized spacial score (nSPS) is 12.7. The van der Waals surface area contributed by atoms with Crippen LogP contribution in [0.4, 0.5) is 0 Å². The van der Waals surface area contributed by atoms with E-state index in [0.717, 1.165) is 10.9 Å². The van der Waals surface area contributed by atoms with Crippen LogP contribution in [-0.4, -0.2) is 15.0 Å². The fourth-order valence-electron chi connectivity index (χ4n) is 0.452. The molecular formula is C5H11Cl3Sn. The fourth-order valence-corrected chi connectivity index (χ4v) is 5.23. The zero-order valence-corrected chi connectivity index (χ0v) is 10.7. The zero-order chi connectivity index (χ0) is 7.49. The number of halogens is 3. The molecule has 0 aromatic heterocycles. The summed E-state index contributed by atoms with van der Waals surface area (Å²) in [4.78, 5) is 0. The van der Waals surface area contributed by atoms with Crippen molar-refractivity contribution in [2.24, 2.45) is 5.92 Å². The first-order chi connectivity index (χ1) is 3.92. The molecule has 0 heterocycles. The molecule has 0 fully saturated rings. The van der Waals surface area contributed by atoms with Gasteiger partial charge in [0, 0.05) is 0 Å². The third-order valence-electron chi connectivity index (χ3n) is 1.01. The van der Waals surface area contributed by atoms with E-state index in [1.54, 1.807) is 0 Å². The van der Waals surface area contributed by atoms with E-state index >= 15 is 0 Å². The van der Waals surface area contributed by atoms with Crippen molar-refractivity contribution in [3.05, 3.63) is 0 Å². The predicted molar refractivity (Wildman–Crippen MR) is 47.6 cm³/mol. The van der Waals surface area contributed by atoms with Crippen LogP contribution < -0.4 is 0 Å². The molecule has 0 spiro atoms. The van der Waals surface area contributed by atoms with E-state index in [1.807, 2.05) is 0 Å². The van der Waals surface area contributed by atoms with Crippen molar-refractivity contribution in [2.75, 3.05) is 0 Å². The van der Waals surface area contributed by atoms with Gasteiger partial charge in [-0.1, -0.05) is 0 Å². The molecule has 0 saturated heterocycles. The Hall–Kier alpha value is 1.67. The molecule has 0 nitrogen and oxygen atoms in total. The molecule has 0 saturated carbocycles. The van der Waals surface area contributed by atoms with Crippen LogP contribution in [0.25, 0.3) is 0 Å². The summed E-state index contributed by atoms with van der Waals surface area (Å²) < 4.78 is 0.858. The van der Waals surface area contributed by atoms with Gasteiger partial charge in [0.25, 0.3) is 0 Å². The van der Waals surface area contributed by atoms with Gasteiger partial charge < -0.3 is 0 Å². The van der Waals surface area contributed by atoms with Gasteiger partial charge in [-0.15, -0.1) is 0 Å². The van der Waals surface area contributed by atoms with Gasteiger partial charge in [-0.25, -0.2) is 0 Å². The van der Waals surface area contributed by atoms with Crippen molar-refractivity contribution in [1.29, 1.82) is 0 Å². The van der Waals surface area contributed by atoms with Crippen molar-refractivity contribution in [2.45, 2.75) is 24.7 Å². The van der Waals surface area contributed by atoms with Crippen molar-refractivity contribution >= 4 is 41.8 Å². The van der Waals surface area contributed by atoms with Crippen LogP contribution in [0, 0.1) is 5.92 Å². The van der Waals surface area contributed by atoms with Crippen LogP contribution in [0.15, 0.2) is 0 Å². The first-order valence-electron chi connectivity index (χ1n) is 2.98. The molecule has 4 heteroatoms. The predicted octanol–water partition coefficient (Wildman–Crippen LogP) is 3.69. The Morgan fingerprint density at radius 2 is 1.67 bits per heavy atom. The summed E-state index contributed by atoms with van der Waals surface area (Å²) in [5.74, 6) is 0.664. The van der Waals surface area contributed by atoms with E-state index in [2.05, 4.69) is 13.8 Å². The minimum absolute atomic E-state index is 0.664. The fraction of sp³-hybridized carbons (Fsp3) is 1.00. The quantitative estimate of drug-likeness (QED) is 0.697. The number of hydrogen-bond acceptors (Lipinski definition) is 0. The average Bonchev–Trinajstić information content (AvgIpc) is 1.59. The second kappa shape index (κ2) is 4.53. The van der Waals surface area contributed by atoms with Crippen LogP contribution in [0.1, 0.15) is 20.3 Å². The Kier molecular flexibility index (Phi) is 5.37. The molecule has 0 rings (SSSR count). The second-order valence-corrected chi connectivity index (χ2v) is 24.4. The van der Waals surface area contributed by atoms with Crippen LogP contribution in [0.3, 0.4) is 0 Å². The molecule has 0 aliphatic heterocycles. The minimum atomic E-state index is -2.94. The summed E-state index contributed by atoms with van der Waals surface area (Å²) >= 11 is -2.94.